The first kappa shape index (κ1) is 17.1. The minimum absolute atomic E-state index is 0.0567. The molecule has 1 rings (SSSR count). The average Bonchev–Trinajstić information content (AvgIpc) is 2.45. The lowest BCUT2D eigenvalue weighted by Gasteiger charge is -2.21. The number of nitrogens with zero attached hydrogens (tertiary/aromatic N) is 2. The summed E-state index contributed by atoms with van der Waals surface area (Å²) in [6, 6.07) is 6.31. The van der Waals surface area contributed by atoms with Crippen molar-refractivity contribution in [3.63, 3.8) is 0 Å². The third kappa shape index (κ3) is 5.91. The highest BCUT2D eigenvalue weighted by atomic mass is 19.1. The van der Waals surface area contributed by atoms with Gasteiger partial charge in [0, 0.05) is 26.2 Å². The lowest BCUT2D eigenvalue weighted by Crippen LogP contribution is -2.42. The van der Waals surface area contributed by atoms with Crippen molar-refractivity contribution in [2.45, 2.75) is 13.5 Å². The highest BCUT2D eigenvalue weighted by Crippen LogP contribution is 2.05. The van der Waals surface area contributed by atoms with Crippen molar-refractivity contribution in [1.82, 2.24) is 15.1 Å². The maximum absolute atomic E-state index is 13.4. The Labute approximate surface area is 124 Å². The van der Waals surface area contributed by atoms with E-state index >= 15 is 0 Å². The van der Waals surface area contributed by atoms with E-state index in [9.17, 15) is 14.0 Å². The van der Waals surface area contributed by atoms with Gasteiger partial charge in [-0.2, -0.15) is 0 Å². The molecule has 21 heavy (non-hydrogen) atoms. The molecule has 0 aromatic heterocycles. The van der Waals surface area contributed by atoms with E-state index in [0.29, 0.717) is 12.1 Å². The Morgan fingerprint density at radius 2 is 1.86 bits per heavy atom. The maximum atomic E-state index is 13.4. The van der Waals surface area contributed by atoms with Crippen LogP contribution in [0.2, 0.25) is 0 Å². The van der Waals surface area contributed by atoms with Gasteiger partial charge in [0.05, 0.1) is 13.1 Å². The van der Waals surface area contributed by atoms with Gasteiger partial charge in [-0.05, 0) is 12.6 Å². The summed E-state index contributed by atoms with van der Waals surface area (Å²) in [5.74, 6) is -0.627. The van der Waals surface area contributed by atoms with Gasteiger partial charge in [0.2, 0.25) is 11.8 Å². The standard InChI is InChI=1S/C15H22FN3O2/c1-4-19(11-15(21)18(2)3)10-14(20)17-9-12-7-5-6-8-13(12)16/h5-8H,4,9-11H2,1-3H3,(H,17,20). The van der Waals surface area contributed by atoms with Crippen LogP contribution in [0.1, 0.15) is 12.5 Å². The molecular weight excluding hydrogens is 273 g/mol. The molecule has 0 radical (unpaired) electrons. The molecule has 0 atom stereocenters. The molecule has 1 aromatic rings. The number of carbonyl (C=O) groups excluding carboxylic acids is 2. The Morgan fingerprint density at radius 3 is 2.43 bits per heavy atom. The number of halogens is 1. The lowest BCUT2D eigenvalue weighted by atomic mass is 10.2. The highest BCUT2D eigenvalue weighted by Gasteiger charge is 2.14. The number of hydrogen-bond acceptors (Lipinski definition) is 3. The van der Waals surface area contributed by atoms with Gasteiger partial charge in [-0.25, -0.2) is 4.39 Å². The molecule has 0 aliphatic heterocycles. The smallest absolute Gasteiger partial charge is 0.236 e. The molecule has 116 valence electrons. The van der Waals surface area contributed by atoms with Crippen LogP contribution in [0, 0.1) is 5.82 Å². The monoisotopic (exact) mass is 295 g/mol. The second-order valence-electron chi connectivity index (χ2n) is 4.96. The van der Waals surface area contributed by atoms with Gasteiger partial charge >= 0.3 is 0 Å². The maximum Gasteiger partial charge on any atom is 0.236 e. The molecule has 0 saturated heterocycles. The second-order valence-corrected chi connectivity index (χ2v) is 4.96. The molecule has 0 heterocycles. The fraction of sp³-hybridized carbons (Fsp3) is 0.467. The predicted octanol–water partition coefficient (Wildman–Crippen LogP) is 0.852. The first-order valence-electron chi connectivity index (χ1n) is 6.86. The van der Waals surface area contributed by atoms with Crippen LogP contribution < -0.4 is 5.32 Å². The molecule has 0 aliphatic rings. The summed E-state index contributed by atoms with van der Waals surface area (Å²) in [5, 5.41) is 2.66. The Kier molecular flexibility index (Phi) is 6.81. The molecule has 0 bridgehead atoms. The van der Waals surface area contributed by atoms with Crippen molar-refractivity contribution < 1.29 is 14.0 Å². The van der Waals surface area contributed by atoms with Crippen molar-refractivity contribution in [3.05, 3.63) is 35.6 Å². The second kappa shape index (κ2) is 8.36. The summed E-state index contributed by atoms with van der Waals surface area (Å²) < 4.78 is 13.4. The zero-order valence-electron chi connectivity index (χ0n) is 12.7. The van der Waals surface area contributed by atoms with Gasteiger partial charge in [0.25, 0.3) is 0 Å². The van der Waals surface area contributed by atoms with Crippen molar-refractivity contribution in [2.24, 2.45) is 0 Å². The zero-order chi connectivity index (χ0) is 15.8. The summed E-state index contributed by atoms with van der Waals surface area (Å²) in [6.07, 6.45) is 0. The summed E-state index contributed by atoms with van der Waals surface area (Å²) in [5.41, 5.74) is 0.443. The third-order valence-corrected chi connectivity index (χ3v) is 3.11. The number of hydrogen-bond donors (Lipinski definition) is 1. The fourth-order valence-electron chi connectivity index (χ4n) is 1.71. The molecule has 1 N–H and O–H groups in total. The van der Waals surface area contributed by atoms with Crippen LogP contribution in [-0.4, -0.2) is 55.3 Å². The van der Waals surface area contributed by atoms with Gasteiger partial charge in [0.15, 0.2) is 0 Å². The van der Waals surface area contributed by atoms with Crippen LogP contribution in [0.3, 0.4) is 0 Å². The molecular formula is C15H22FN3O2. The van der Waals surface area contributed by atoms with E-state index in [1.165, 1.54) is 11.0 Å². The number of carbonyl (C=O) groups is 2. The minimum atomic E-state index is -0.340. The largest absolute Gasteiger partial charge is 0.351 e. The molecule has 1 aromatic carbocycles. The van der Waals surface area contributed by atoms with Crippen molar-refractivity contribution >= 4 is 11.8 Å². The molecule has 0 fully saturated rings. The normalized spacial score (nSPS) is 10.5. The highest BCUT2D eigenvalue weighted by molar-refractivity contribution is 5.80. The number of amides is 2. The van der Waals surface area contributed by atoms with Gasteiger partial charge < -0.3 is 10.2 Å². The average molecular weight is 295 g/mol. The molecule has 2 amide bonds. The van der Waals surface area contributed by atoms with E-state index in [-0.39, 0.29) is 37.3 Å². The molecule has 0 spiro atoms. The number of benzene rings is 1. The minimum Gasteiger partial charge on any atom is -0.351 e. The van der Waals surface area contributed by atoms with E-state index in [4.69, 9.17) is 0 Å². The van der Waals surface area contributed by atoms with Gasteiger partial charge in [-0.15, -0.1) is 0 Å². The van der Waals surface area contributed by atoms with E-state index in [1.807, 2.05) is 6.92 Å². The zero-order valence-corrected chi connectivity index (χ0v) is 12.7. The summed E-state index contributed by atoms with van der Waals surface area (Å²) in [7, 11) is 3.35. The van der Waals surface area contributed by atoms with Crippen molar-refractivity contribution in [2.75, 3.05) is 33.7 Å². The number of rotatable bonds is 7. The van der Waals surface area contributed by atoms with Crippen LogP contribution in [-0.2, 0) is 16.1 Å². The Hall–Kier alpha value is -1.95. The topological polar surface area (TPSA) is 52.7 Å². The van der Waals surface area contributed by atoms with E-state index in [2.05, 4.69) is 5.32 Å². The molecule has 6 heteroatoms. The SMILES string of the molecule is CCN(CC(=O)NCc1ccccc1F)CC(=O)N(C)C. The van der Waals surface area contributed by atoms with Crippen molar-refractivity contribution in [1.29, 1.82) is 0 Å². The van der Waals surface area contributed by atoms with Crippen LogP contribution in [0.5, 0.6) is 0 Å². The summed E-state index contributed by atoms with van der Waals surface area (Å²) in [6.45, 7) is 2.92. The molecule has 0 saturated carbocycles. The van der Waals surface area contributed by atoms with E-state index in [0.717, 1.165) is 0 Å². The predicted molar refractivity (Wildman–Crippen MR) is 79.1 cm³/mol. The quantitative estimate of drug-likeness (QED) is 0.811. The molecule has 5 nitrogen and oxygen atoms in total. The van der Waals surface area contributed by atoms with Crippen LogP contribution in [0.15, 0.2) is 24.3 Å². The van der Waals surface area contributed by atoms with Gasteiger partial charge in [0.1, 0.15) is 5.82 Å². The molecule has 0 unspecified atom stereocenters. The first-order chi connectivity index (χ1) is 9.93. The van der Waals surface area contributed by atoms with Crippen LogP contribution in [0.25, 0.3) is 0 Å². The Morgan fingerprint density at radius 1 is 1.19 bits per heavy atom. The van der Waals surface area contributed by atoms with Gasteiger partial charge in [-0.3, -0.25) is 14.5 Å². The number of nitrogens with one attached hydrogen (secondary N) is 1. The Balaban J connectivity index is 2.45. The summed E-state index contributed by atoms with van der Waals surface area (Å²) >= 11 is 0. The first-order valence-corrected chi connectivity index (χ1v) is 6.86. The summed E-state index contributed by atoms with van der Waals surface area (Å²) in [4.78, 5) is 26.7. The third-order valence-electron chi connectivity index (χ3n) is 3.11. The van der Waals surface area contributed by atoms with Crippen molar-refractivity contribution in [3.8, 4) is 0 Å². The fourth-order valence-corrected chi connectivity index (χ4v) is 1.71. The molecule has 0 aliphatic carbocycles. The van der Waals surface area contributed by atoms with E-state index < -0.39 is 0 Å². The van der Waals surface area contributed by atoms with Gasteiger partial charge in [-0.1, -0.05) is 25.1 Å². The lowest BCUT2D eigenvalue weighted by molar-refractivity contribution is -0.130. The van der Waals surface area contributed by atoms with Crippen LogP contribution >= 0.6 is 0 Å². The van der Waals surface area contributed by atoms with Crippen LogP contribution in [0.4, 0.5) is 4.39 Å². The van der Waals surface area contributed by atoms with E-state index in [1.54, 1.807) is 37.2 Å². The Bertz CT molecular complexity index is 492. The number of likely N-dealkylation sites (N-methyl/N-ethyl adjacent to an activating group) is 2.